The van der Waals surface area contributed by atoms with Crippen LogP contribution in [0.15, 0.2) is 52.3 Å². The van der Waals surface area contributed by atoms with E-state index in [2.05, 4.69) is 5.32 Å². The summed E-state index contributed by atoms with van der Waals surface area (Å²) in [6.07, 6.45) is 1.09. The van der Waals surface area contributed by atoms with Gasteiger partial charge in [0.2, 0.25) is 5.91 Å². The average Bonchev–Trinajstić information content (AvgIpc) is 3.20. The quantitative estimate of drug-likeness (QED) is 0.702. The van der Waals surface area contributed by atoms with E-state index in [1.165, 1.54) is 4.90 Å². The topological polar surface area (TPSA) is 95.9 Å². The predicted molar refractivity (Wildman–Crippen MR) is 102 cm³/mol. The first-order valence-electron chi connectivity index (χ1n) is 8.92. The fourth-order valence-electron chi connectivity index (χ4n) is 3.35. The van der Waals surface area contributed by atoms with Gasteiger partial charge in [0, 0.05) is 12.1 Å². The number of para-hydroxylation sites is 1. The minimum absolute atomic E-state index is 0.238. The third-order valence-electron chi connectivity index (χ3n) is 4.75. The highest BCUT2D eigenvalue weighted by Gasteiger charge is 2.33. The van der Waals surface area contributed by atoms with E-state index >= 15 is 0 Å². The van der Waals surface area contributed by atoms with Crippen molar-refractivity contribution in [1.29, 1.82) is 0 Å². The number of carboxylic acid groups (broad SMARTS) is 1. The number of amides is 2. The molecule has 1 fully saturated rings. The molecule has 0 radical (unpaired) electrons. The number of ether oxygens (including phenoxy) is 1. The van der Waals surface area contributed by atoms with Gasteiger partial charge in [-0.05, 0) is 43.2 Å². The number of carboxylic acids is 1. The first kappa shape index (κ1) is 18.4. The molecule has 2 aliphatic heterocycles. The van der Waals surface area contributed by atoms with Crippen LogP contribution in [0.5, 0.6) is 11.5 Å². The standard InChI is InChI=1S/C20H18N2O5S/c23-18(22-9-3-4-13(22)20(25)26)11-21-19(24)12-7-8-17-15(10-12)27-14-5-1-2-6-16(14)28-17/h1-2,5-8,10,13H,3-4,9,11H2,(H,21,24)(H,25,26). The maximum Gasteiger partial charge on any atom is 0.326 e. The van der Waals surface area contributed by atoms with Crippen molar-refractivity contribution in [3.8, 4) is 11.5 Å². The highest BCUT2D eigenvalue weighted by Crippen LogP contribution is 2.46. The Kier molecular flexibility index (Phi) is 4.95. The summed E-state index contributed by atoms with van der Waals surface area (Å²) in [4.78, 5) is 39.2. The van der Waals surface area contributed by atoms with E-state index in [4.69, 9.17) is 4.74 Å². The number of nitrogens with one attached hydrogen (secondary N) is 1. The lowest BCUT2D eigenvalue weighted by molar-refractivity contribution is -0.147. The Hall–Kier alpha value is -3.00. The summed E-state index contributed by atoms with van der Waals surface area (Å²) >= 11 is 1.57. The van der Waals surface area contributed by atoms with Crippen molar-refractivity contribution in [2.45, 2.75) is 28.7 Å². The molecule has 2 aromatic rings. The molecule has 2 aromatic carbocycles. The highest BCUT2D eigenvalue weighted by atomic mass is 32.2. The Morgan fingerprint density at radius 3 is 2.75 bits per heavy atom. The molecule has 2 N–H and O–H groups in total. The van der Waals surface area contributed by atoms with Gasteiger partial charge < -0.3 is 20.1 Å². The normalized spacial score (nSPS) is 17.3. The molecule has 7 nitrogen and oxygen atoms in total. The van der Waals surface area contributed by atoms with Gasteiger partial charge in [-0.25, -0.2) is 4.79 Å². The maximum absolute atomic E-state index is 12.5. The number of benzene rings is 2. The van der Waals surface area contributed by atoms with Gasteiger partial charge >= 0.3 is 5.97 Å². The van der Waals surface area contributed by atoms with Gasteiger partial charge in [-0.15, -0.1) is 0 Å². The number of hydrogen-bond donors (Lipinski definition) is 2. The van der Waals surface area contributed by atoms with Crippen LogP contribution in [0.2, 0.25) is 0 Å². The summed E-state index contributed by atoms with van der Waals surface area (Å²) in [6.45, 7) is 0.160. The van der Waals surface area contributed by atoms with Crippen LogP contribution in [0.3, 0.4) is 0 Å². The van der Waals surface area contributed by atoms with Crippen LogP contribution < -0.4 is 10.1 Å². The summed E-state index contributed by atoms with van der Waals surface area (Å²) in [5, 5.41) is 11.7. The second-order valence-electron chi connectivity index (χ2n) is 6.58. The molecule has 1 atom stereocenters. The first-order valence-corrected chi connectivity index (χ1v) is 9.74. The lowest BCUT2D eigenvalue weighted by Gasteiger charge is -2.22. The molecule has 0 aromatic heterocycles. The van der Waals surface area contributed by atoms with Crippen LogP contribution >= 0.6 is 11.8 Å². The van der Waals surface area contributed by atoms with E-state index in [0.29, 0.717) is 30.7 Å². The number of rotatable bonds is 4. The summed E-state index contributed by atoms with van der Waals surface area (Å²) in [5.74, 6) is -0.483. The van der Waals surface area contributed by atoms with E-state index in [0.717, 1.165) is 15.5 Å². The van der Waals surface area contributed by atoms with Crippen LogP contribution in [0, 0.1) is 0 Å². The Balaban J connectivity index is 1.41. The second kappa shape index (κ2) is 7.55. The number of fused-ring (bicyclic) bond motifs is 2. The van der Waals surface area contributed by atoms with E-state index in [-0.39, 0.29) is 6.54 Å². The summed E-state index contributed by atoms with van der Waals surface area (Å²) < 4.78 is 5.87. The monoisotopic (exact) mass is 398 g/mol. The molecule has 0 bridgehead atoms. The smallest absolute Gasteiger partial charge is 0.326 e. The lowest BCUT2D eigenvalue weighted by atomic mass is 10.2. The van der Waals surface area contributed by atoms with Crippen LogP contribution in [0.1, 0.15) is 23.2 Å². The Bertz CT molecular complexity index is 961. The fraction of sp³-hybridized carbons (Fsp3) is 0.250. The number of nitrogens with zero attached hydrogens (tertiary/aromatic N) is 1. The van der Waals surface area contributed by atoms with E-state index in [1.54, 1.807) is 23.9 Å². The zero-order valence-corrected chi connectivity index (χ0v) is 15.7. The lowest BCUT2D eigenvalue weighted by Crippen LogP contribution is -2.45. The van der Waals surface area contributed by atoms with Crippen LogP contribution in [-0.4, -0.2) is 46.9 Å². The van der Waals surface area contributed by atoms with Crippen LogP contribution in [0.4, 0.5) is 0 Å². The van der Waals surface area contributed by atoms with Crippen molar-refractivity contribution in [2.24, 2.45) is 0 Å². The van der Waals surface area contributed by atoms with Crippen molar-refractivity contribution >= 4 is 29.5 Å². The first-order chi connectivity index (χ1) is 13.5. The fourth-order valence-corrected chi connectivity index (χ4v) is 4.28. The average molecular weight is 398 g/mol. The number of hydrogen-bond acceptors (Lipinski definition) is 5. The molecular weight excluding hydrogens is 380 g/mol. The number of likely N-dealkylation sites (tertiary alicyclic amines) is 1. The van der Waals surface area contributed by atoms with Crippen LogP contribution in [0.25, 0.3) is 0 Å². The van der Waals surface area contributed by atoms with Gasteiger partial charge in [-0.3, -0.25) is 9.59 Å². The molecule has 0 spiro atoms. The summed E-state index contributed by atoms with van der Waals surface area (Å²) in [6, 6.07) is 12.0. The van der Waals surface area contributed by atoms with Crippen LogP contribution in [-0.2, 0) is 9.59 Å². The van der Waals surface area contributed by atoms with Gasteiger partial charge in [-0.1, -0.05) is 23.9 Å². The minimum atomic E-state index is -1.01. The van der Waals surface area contributed by atoms with E-state index < -0.39 is 23.8 Å². The largest absolute Gasteiger partial charge is 0.480 e. The zero-order chi connectivity index (χ0) is 19.7. The Morgan fingerprint density at radius 1 is 1.14 bits per heavy atom. The van der Waals surface area contributed by atoms with E-state index in [1.807, 2.05) is 30.3 Å². The summed E-state index contributed by atoms with van der Waals surface area (Å²) in [5.41, 5.74) is 0.378. The Morgan fingerprint density at radius 2 is 1.93 bits per heavy atom. The minimum Gasteiger partial charge on any atom is -0.480 e. The molecule has 144 valence electrons. The molecule has 2 heterocycles. The van der Waals surface area contributed by atoms with Gasteiger partial charge in [0.15, 0.2) is 0 Å². The molecule has 2 aliphatic rings. The van der Waals surface area contributed by atoms with Crippen molar-refractivity contribution in [3.05, 3.63) is 48.0 Å². The SMILES string of the molecule is O=C(NCC(=O)N1CCCC1C(=O)O)c1ccc2c(c1)Oc1ccccc1S2. The van der Waals surface area contributed by atoms with E-state index in [9.17, 15) is 19.5 Å². The van der Waals surface area contributed by atoms with Gasteiger partial charge in [0.25, 0.3) is 5.91 Å². The van der Waals surface area contributed by atoms with Crippen molar-refractivity contribution in [2.75, 3.05) is 13.1 Å². The number of carbonyl (C=O) groups excluding carboxylic acids is 2. The second-order valence-corrected chi connectivity index (χ2v) is 7.66. The summed E-state index contributed by atoms with van der Waals surface area (Å²) in [7, 11) is 0. The molecule has 1 saturated heterocycles. The van der Waals surface area contributed by atoms with Gasteiger partial charge in [0.05, 0.1) is 16.3 Å². The maximum atomic E-state index is 12.5. The highest BCUT2D eigenvalue weighted by molar-refractivity contribution is 7.99. The Labute approximate surface area is 165 Å². The van der Waals surface area contributed by atoms with Crippen molar-refractivity contribution in [1.82, 2.24) is 10.2 Å². The third kappa shape index (κ3) is 3.55. The van der Waals surface area contributed by atoms with Crippen molar-refractivity contribution < 1.29 is 24.2 Å². The molecule has 1 unspecified atom stereocenters. The molecular formula is C20H18N2O5S. The molecule has 28 heavy (non-hydrogen) atoms. The molecule has 4 rings (SSSR count). The predicted octanol–water partition coefficient (Wildman–Crippen LogP) is 2.75. The van der Waals surface area contributed by atoms with Gasteiger partial charge in [-0.2, -0.15) is 0 Å². The molecule has 2 amide bonds. The third-order valence-corrected chi connectivity index (χ3v) is 5.87. The van der Waals surface area contributed by atoms with Crippen molar-refractivity contribution in [3.63, 3.8) is 0 Å². The number of carbonyl (C=O) groups is 3. The number of aliphatic carboxylic acids is 1. The molecule has 0 aliphatic carbocycles. The molecule has 8 heteroatoms. The zero-order valence-electron chi connectivity index (χ0n) is 14.9. The molecule has 0 saturated carbocycles. The van der Waals surface area contributed by atoms with Gasteiger partial charge in [0.1, 0.15) is 17.5 Å².